The van der Waals surface area contributed by atoms with Crippen molar-refractivity contribution < 1.29 is 9.47 Å². The third-order valence-electron chi connectivity index (χ3n) is 3.96. The zero-order valence-electron chi connectivity index (χ0n) is 13.3. The molecule has 0 saturated heterocycles. The van der Waals surface area contributed by atoms with E-state index >= 15 is 0 Å². The molecule has 0 spiro atoms. The standard InChI is InChI=1S/C18H27NO2/c1-4-20-13(3)7-6-8-16-17-12-15(19)11-14(17)9-10-18(16)21-5-2/h9-10,15H,3-8,11-12,19H2,1-2H3. The Hall–Kier alpha value is -1.48. The fourth-order valence-electron chi connectivity index (χ4n) is 3.09. The highest BCUT2D eigenvalue weighted by atomic mass is 16.5. The number of allylic oxidation sites excluding steroid dienone is 1. The Bertz CT molecular complexity index is 496. The molecule has 1 aliphatic carbocycles. The molecule has 1 aromatic carbocycles. The average Bonchev–Trinajstić information content (AvgIpc) is 2.82. The van der Waals surface area contributed by atoms with Gasteiger partial charge < -0.3 is 15.2 Å². The molecule has 0 bridgehead atoms. The summed E-state index contributed by atoms with van der Waals surface area (Å²) in [6, 6.07) is 4.54. The van der Waals surface area contributed by atoms with Crippen LogP contribution in [0.5, 0.6) is 5.75 Å². The molecule has 2 rings (SSSR count). The number of hydrogen-bond acceptors (Lipinski definition) is 3. The summed E-state index contributed by atoms with van der Waals surface area (Å²) in [4.78, 5) is 0. The lowest BCUT2D eigenvalue weighted by Gasteiger charge is -2.15. The van der Waals surface area contributed by atoms with Gasteiger partial charge in [-0.05, 0) is 62.3 Å². The first-order valence-electron chi connectivity index (χ1n) is 7.98. The minimum absolute atomic E-state index is 0.258. The Morgan fingerprint density at radius 2 is 2.10 bits per heavy atom. The minimum Gasteiger partial charge on any atom is -0.499 e. The maximum absolute atomic E-state index is 6.12. The van der Waals surface area contributed by atoms with Gasteiger partial charge in [-0.25, -0.2) is 0 Å². The van der Waals surface area contributed by atoms with Crippen LogP contribution in [-0.2, 0) is 24.0 Å². The van der Waals surface area contributed by atoms with Gasteiger partial charge in [-0.1, -0.05) is 12.6 Å². The van der Waals surface area contributed by atoms with Gasteiger partial charge >= 0.3 is 0 Å². The topological polar surface area (TPSA) is 44.5 Å². The zero-order chi connectivity index (χ0) is 15.2. The summed E-state index contributed by atoms with van der Waals surface area (Å²) in [6.07, 6.45) is 4.88. The van der Waals surface area contributed by atoms with Crippen LogP contribution < -0.4 is 10.5 Å². The van der Waals surface area contributed by atoms with Crippen LogP contribution in [0.3, 0.4) is 0 Å². The second-order valence-corrected chi connectivity index (χ2v) is 5.61. The van der Waals surface area contributed by atoms with E-state index in [-0.39, 0.29) is 6.04 Å². The molecule has 0 saturated carbocycles. The zero-order valence-corrected chi connectivity index (χ0v) is 13.3. The predicted molar refractivity (Wildman–Crippen MR) is 86.7 cm³/mol. The number of rotatable bonds is 8. The van der Waals surface area contributed by atoms with Crippen LogP contribution in [0, 0.1) is 0 Å². The van der Waals surface area contributed by atoms with Gasteiger partial charge in [0.25, 0.3) is 0 Å². The largest absolute Gasteiger partial charge is 0.499 e. The lowest BCUT2D eigenvalue weighted by molar-refractivity contribution is 0.218. The summed E-state index contributed by atoms with van der Waals surface area (Å²) in [7, 11) is 0. The maximum atomic E-state index is 6.12. The number of benzene rings is 1. The maximum Gasteiger partial charge on any atom is 0.122 e. The van der Waals surface area contributed by atoms with E-state index in [4.69, 9.17) is 15.2 Å². The molecule has 1 atom stereocenters. The van der Waals surface area contributed by atoms with Crippen molar-refractivity contribution in [3.05, 3.63) is 41.2 Å². The summed E-state index contributed by atoms with van der Waals surface area (Å²) in [6.45, 7) is 9.35. The first-order chi connectivity index (χ1) is 10.2. The summed E-state index contributed by atoms with van der Waals surface area (Å²) in [5, 5.41) is 0. The van der Waals surface area contributed by atoms with Crippen molar-refractivity contribution in [3.63, 3.8) is 0 Å². The van der Waals surface area contributed by atoms with E-state index in [1.807, 2.05) is 13.8 Å². The van der Waals surface area contributed by atoms with E-state index < -0.39 is 0 Å². The fraction of sp³-hybridized carbons (Fsp3) is 0.556. The lowest BCUT2D eigenvalue weighted by Crippen LogP contribution is -2.19. The van der Waals surface area contributed by atoms with Gasteiger partial charge in [-0.15, -0.1) is 0 Å². The molecular formula is C18H27NO2. The Labute approximate surface area is 128 Å². The molecule has 2 N–H and O–H groups in total. The van der Waals surface area contributed by atoms with Gasteiger partial charge in [-0.3, -0.25) is 0 Å². The molecule has 0 aliphatic heterocycles. The van der Waals surface area contributed by atoms with Crippen LogP contribution >= 0.6 is 0 Å². The Morgan fingerprint density at radius 1 is 1.29 bits per heavy atom. The molecule has 0 aromatic heterocycles. The molecule has 0 fully saturated rings. The second-order valence-electron chi connectivity index (χ2n) is 5.61. The highest BCUT2D eigenvalue weighted by molar-refractivity contribution is 5.48. The van der Waals surface area contributed by atoms with E-state index in [1.165, 1.54) is 16.7 Å². The van der Waals surface area contributed by atoms with Crippen molar-refractivity contribution in [1.82, 2.24) is 0 Å². The first-order valence-corrected chi connectivity index (χ1v) is 7.98. The molecule has 1 aromatic rings. The van der Waals surface area contributed by atoms with Crippen molar-refractivity contribution in [2.45, 2.75) is 52.0 Å². The highest BCUT2D eigenvalue weighted by Crippen LogP contribution is 2.33. The fourth-order valence-corrected chi connectivity index (χ4v) is 3.09. The van der Waals surface area contributed by atoms with Crippen LogP contribution in [-0.4, -0.2) is 19.3 Å². The number of ether oxygens (including phenoxy) is 2. The van der Waals surface area contributed by atoms with Crippen molar-refractivity contribution in [2.24, 2.45) is 5.73 Å². The minimum atomic E-state index is 0.258. The third kappa shape index (κ3) is 4.01. The van der Waals surface area contributed by atoms with E-state index in [0.717, 1.165) is 43.6 Å². The lowest BCUT2D eigenvalue weighted by atomic mass is 9.97. The molecule has 21 heavy (non-hydrogen) atoms. The average molecular weight is 289 g/mol. The van der Waals surface area contributed by atoms with Crippen molar-refractivity contribution in [3.8, 4) is 5.75 Å². The van der Waals surface area contributed by atoms with Crippen LogP contribution in [0.2, 0.25) is 0 Å². The second kappa shape index (κ2) is 7.51. The van der Waals surface area contributed by atoms with Crippen molar-refractivity contribution >= 4 is 0 Å². The van der Waals surface area contributed by atoms with E-state index in [1.54, 1.807) is 0 Å². The summed E-state index contributed by atoms with van der Waals surface area (Å²) in [5.74, 6) is 1.90. The molecular weight excluding hydrogens is 262 g/mol. The van der Waals surface area contributed by atoms with Crippen LogP contribution in [0.4, 0.5) is 0 Å². The molecule has 116 valence electrons. The number of fused-ring (bicyclic) bond motifs is 1. The monoisotopic (exact) mass is 289 g/mol. The van der Waals surface area contributed by atoms with Gasteiger partial charge in [0.1, 0.15) is 5.75 Å². The van der Waals surface area contributed by atoms with Gasteiger partial charge in [0, 0.05) is 12.5 Å². The van der Waals surface area contributed by atoms with E-state index in [0.29, 0.717) is 13.2 Å². The number of nitrogens with two attached hydrogens (primary N) is 1. The van der Waals surface area contributed by atoms with Crippen LogP contribution in [0.25, 0.3) is 0 Å². The normalized spacial score (nSPS) is 16.6. The molecule has 3 heteroatoms. The van der Waals surface area contributed by atoms with Gasteiger partial charge in [0.05, 0.1) is 19.0 Å². The Kier molecular flexibility index (Phi) is 5.68. The highest BCUT2D eigenvalue weighted by Gasteiger charge is 2.23. The first kappa shape index (κ1) is 15.9. The molecule has 0 amide bonds. The molecule has 3 nitrogen and oxygen atoms in total. The summed E-state index contributed by atoms with van der Waals surface area (Å²) >= 11 is 0. The molecule has 1 unspecified atom stereocenters. The SMILES string of the molecule is C=C(CCCc1c(OCC)ccc2c1CC(N)C2)OCC. The number of hydrogen-bond donors (Lipinski definition) is 1. The van der Waals surface area contributed by atoms with E-state index in [9.17, 15) is 0 Å². The van der Waals surface area contributed by atoms with E-state index in [2.05, 4.69) is 18.7 Å². The summed E-state index contributed by atoms with van der Waals surface area (Å²) in [5.41, 5.74) is 10.3. The van der Waals surface area contributed by atoms with Crippen molar-refractivity contribution in [2.75, 3.05) is 13.2 Å². The van der Waals surface area contributed by atoms with Gasteiger partial charge in [-0.2, -0.15) is 0 Å². The molecule has 1 aliphatic rings. The predicted octanol–water partition coefficient (Wildman–Crippen LogP) is 3.38. The van der Waals surface area contributed by atoms with Crippen LogP contribution in [0.15, 0.2) is 24.5 Å². The molecule has 0 radical (unpaired) electrons. The summed E-state index contributed by atoms with van der Waals surface area (Å²) < 4.78 is 11.2. The third-order valence-corrected chi connectivity index (χ3v) is 3.96. The smallest absolute Gasteiger partial charge is 0.122 e. The van der Waals surface area contributed by atoms with Crippen LogP contribution in [0.1, 0.15) is 43.4 Å². The van der Waals surface area contributed by atoms with Gasteiger partial charge in [0.15, 0.2) is 0 Å². The Morgan fingerprint density at radius 3 is 2.81 bits per heavy atom. The molecule has 0 heterocycles. The quantitative estimate of drug-likeness (QED) is 0.746. The van der Waals surface area contributed by atoms with Crippen molar-refractivity contribution in [1.29, 1.82) is 0 Å². The van der Waals surface area contributed by atoms with Gasteiger partial charge in [0.2, 0.25) is 0 Å². The Balaban J connectivity index is 2.09.